The van der Waals surface area contributed by atoms with Crippen molar-refractivity contribution in [2.45, 2.75) is 39.9 Å². The molecular weight excluding hydrogens is 342 g/mol. The Hall–Kier alpha value is -2.39. The number of primary amides is 1. The molecule has 1 fully saturated rings. The van der Waals surface area contributed by atoms with Gasteiger partial charge in [0.05, 0.1) is 6.61 Å². The zero-order valence-electron chi connectivity index (χ0n) is 15.5. The Kier molecular flexibility index (Phi) is 6.38. The van der Waals surface area contributed by atoms with Crippen LogP contribution in [0.4, 0.5) is 5.88 Å². The van der Waals surface area contributed by atoms with E-state index in [9.17, 15) is 14.4 Å². The minimum absolute atomic E-state index is 0.0593. The molecule has 1 aliphatic rings. The number of esters is 1. The minimum Gasteiger partial charge on any atom is -0.462 e. The molecule has 9 nitrogen and oxygen atoms in total. The van der Waals surface area contributed by atoms with Gasteiger partial charge in [-0.15, -0.1) is 0 Å². The van der Waals surface area contributed by atoms with Crippen LogP contribution in [0.2, 0.25) is 0 Å². The van der Waals surface area contributed by atoms with Gasteiger partial charge in [0.15, 0.2) is 6.54 Å². The van der Waals surface area contributed by atoms with Crippen LogP contribution in [0.5, 0.6) is 0 Å². The van der Waals surface area contributed by atoms with Crippen molar-refractivity contribution in [1.82, 2.24) is 0 Å². The summed E-state index contributed by atoms with van der Waals surface area (Å²) in [5, 5.41) is 2.55. The van der Waals surface area contributed by atoms with Crippen LogP contribution in [0.15, 0.2) is 4.42 Å². The molecule has 0 radical (unpaired) electrons. The molecule has 4 N–H and O–H groups in total. The number of carbonyl (C=O) groups excluding carboxylic acids is 3. The molecule has 1 aromatic heterocycles. The van der Waals surface area contributed by atoms with Gasteiger partial charge in [-0.3, -0.25) is 14.9 Å². The lowest BCUT2D eigenvalue weighted by Gasteiger charge is -2.31. The quantitative estimate of drug-likeness (QED) is 0.581. The van der Waals surface area contributed by atoms with Crippen molar-refractivity contribution >= 4 is 23.7 Å². The molecular formula is C17H26N3O6+. The van der Waals surface area contributed by atoms with E-state index in [0.717, 1.165) is 4.90 Å². The molecule has 1 saturated heterocycles. The highest BCUT2D eigenvalue weighted by Crippen LogP contribution is 2.27. The summed E-state index contributed by atoms with van der Waals surface area (Å²) in [5.41, 5.74) is 5.15. The van der Waals surface area contributed by atoms with Crippen molar-refractivity contribution in [2.24, 2.45) is 5.73 Å². The topological polar surface area (TPSA) is 125 Å². The maximum atomic E-state index is 12.4. The predicted octanol–water partition coefficient (Wildman–Crippen LogP) is -0.506. The van der Waals surface area contributed by atoms with Crippen molar-refractivity contribution in [3.63, 3.8) is 0 Å². The Morgan fingerprint density at radius 1 is 1.23 bits per heavy atom. The molecule has 0 aromatic carbocycles. The number of nitrogens with one attached hydrogen (secondary N) is 2. The number of anilines is 1. The van der Waals surface area contributed by atoms with Gasteiger partial charge in [-0.2, -0.15) is 0 Å². The van der Waals surface area contributed by atoms with Crippen LogP contribution in [0.1, 0.15) is 47.2 Å². The van der Waals surface area contributed by atoms with Crippen LogP contribution in [-0.2, 0) is 14.3 Å². The van der Waals surface area contributed by atoms with Gasteiger partial charge in [0.1, 0.15) is 42.2 Å². The Balaban J connectivity index is 2.15. The van der Waals surface area contributed by atoms with E-state index in [-0.39, 0.29) is 54.0 Å². The third kappa shape index (κ3) is 4.61. The number of ether oxygens (including phenoxy) is 2. The standard InChI is InChI=1S/C17H25N3O6/c1-5-24-17(23)13-11(4)26-16(14(13)15(18)22)19-12(21)8-20-6-9(2)25-10(3)7-20/h9-10H,5-8H2,1-4H3,(H2,18,22)(H,19,21)/p+1/t9-,10-/m0/s1. The van der Waals surface area contributed by atoms with Crippen molar-refractivity contribution in [1.29, 1.82) is 0 Å². The predicted molar refractivity (Wildman–Crippen MR) is 92.1 cm³/mol. The largest absolute Gasteiger partial charge is 0.462 e. The molecule has 9 heteroatoms. The monoisotopic (exact) mass is 368 g/mol. The smallest absolute Gasteiger partial charge is 0.342 e. The third-order valence-corrected chi connectivity index (χ3v) is 4.09. The van der Waals surface area contributed by atoms with Crippen LogP contribution in [0, 0.1) is 6.92 Å². The second-order valence-electron chi connectivity index (χ2n) is 6.46. The first-order valence-electron chi connectivity index (χ1n) is 8.62. The molecule has 144 valence electrons. The molecule has 26 heavy (non-hydrogen) atoms. The molecule has 2 heterocycles. The first-order chi connectivity index (χ1) is 12.2. The number of morpholine rings is 1. The molecule has 1 aliphatic heterocycles. The van der Waals surface area contributed by atoms with Crippen LogP contribution in [0.25, 0.3) is 0 Å². The first-order valence-corrected chi connectivity index (χ1v) is 8.62. The lowest BCUT2D eigenvalue weighted by Crippen LogP contribution is -3.16. The number of furan rings is 1. The number of amides is 2. The summed E-state index contributed by atoms with van der Waals surface area (Å²) >= 11 is 0. The van der Waals surface area contributed by atoms with Gasteiger partial charge in [0, 0.05) is 0 Å². The molecule has 0 spiro atoms. The average Bonchev–Trinajstić information content (AvgIpc) is 2.82. The van der Waals surface area contributed by atoms with Crippen LogP contribution >= 0.6 is 0 Å². The first kappa shape index (κ1) is 19.9. The summed E-state index contributed by atoms with van der Waals surface area (Å²) in [5.74, 6) is -1.90. The van der Waals surface area contributed by atoms with E-state index < -0.39 is 11.9 Å². The zero-order chi connectivity index (χ0) is 19.4. The summed E-state index contributed by atoms with van der Waals surface area (Å²) in [6, 6.07) is 0. The van der Waals surface area contributed by atoms with Crippen LogP contribution in [-0.4, -0.2) is 56.2 Å². The van der Waals surface area contributed by atoms with E-state index in [4.69, 9.17) is 19.6 Å². The third-order valence-electron chi connectivity index (χ3n) is 4.09. The fraction of sp³-hybridized carbons (Fsp3) is 0.588. The molecule has 0 saturated carbocycles. The Morgan fingerprint density at radius 2 is 1.85 bits per heavy atom. The van der Waals surface area contributed by atoms with Crippen LogP contribution < -0.4 is 16.0 Å². The Bertz CT molecular complexity index is 689. The van der Waals surface area contributed by atoms with E-state index >= 15 is 0 Å². The van der Waals surface area contributed by atoms with E-state index in [0.29, 0.717) is 13.1 Å². The lowest BCUT2D eigenvalue weighted by atomic mass is 10.1. The maximum Gasteiger partial charge on any atom is 0.342 e. The minimum atomic E-state index is -0.874. The van der Waals surface area contributed by atoms with Gasteiger partial charge in [-0.25, -0.2) is 4.79 Å². The Morgan fingerprint density at radius 3 is 2.38 bits per heavy atom. The highest BCUT2D eigenvalue weighted by Gasteiger charge is 2.31. The van der Waals surface area contributed by atoms with Crippen molar-refractivity contribution in [3.8, 4) is 0 Å². The summed E-state index contributed by atoms with van der Waals surface area (Å²) in [7, 11) is 0. The number of hydrogen-bond acceptors (Lipinski definition) is 6. The van der Waals surface area contributed by atoms with Gasteiger partial charge in [-0.1, -0.05) is 0 Å². The summed E-state index contributed by atoms with van der Waals surface area (Å²) in [6.07, 6.45) is 0.119. The molecule has 0 aliphatic carbocycles. The van der Waals surface area contributed by atoms with Crippen molar-refractivity contribution in [3.05, 3.63) is 16.9 Å². The van der Waals surface area contributed by atoms with Gasteiger partial charge in [-0.05, 0) is 27.7 Å². The maximum absolute atomic E-state index is 12.4. The lowest BCUT2D eigenvalue weighted by molar-refractivity contribution is -0.907. The molecule has 1 aromatic rings. The molecule has 2 atom stereocenters. The highest BCUT2D eigenvalue weighted by atomic mass is 16.5. The number of aryl methyl sites for hydroxylation is 1. The summed E-state index contributed by atoms with van der Waals surface area (Å²) in [6.45, 7) is 8.79. The van der Waals surface area contributed by atoms with Gasteiger partial charge >= 0.3 is 5.97 Å². The number of rotatable bonds is 6. The second kappa shape index (κ2) is 8.33. The van der Waals surface area contributed by atoms with E-state index in [1.165, 1.54) is 6.92 Å². The van der Waals surface area contributed by atoms with Gasteiger partial charge in [0.2, 0.25) is 5.88 Å². The van der Waals surface area contributed by atoms with E-state index in [1.807, 2.05) is 13.8 Å². The van der Waals surface area contributed by atoms with Gasteiger partial charge in [0.25, 0.3) is 11.8 Å². The average molecular weight is 368 g/mol. The zero-order valence-corrected chi connectivity index (χ0v) is 15.5. The fourth-order valence-electron chi connectivity index (χ4n) is 3.25. The van der Waals surface area contributed by atoms with Crippen molar-refractivity contribution in [2.75, 3.05) is 31.6 Å². The second-order valence-corrected chi connectivity index (χ2v) is 6.46. The van der Waals surface area contributed by atoms with E-state index in [1.54, 1.807) is 6.92 Å². The van der Waals surface area contributed by atoms with E-state index in [2.05, 4.69) is 5.32 Å². The Labute approximate surface area is 151 Å². The van der Waals surface area contributed by atoms with Crippen LogP contribution in [0.3, 0.4) is 0 Å². The van der Waals surface area contributed by atoms with Crippen molar-refractivity contribution < 1.29 is 33.2 Å². The number of nitrogens with two attached hydrogens (primary N) is 1. The van der Waals surface area contributed by atoms with Gasteiger partial charge < -0.3 is 24.5 Å². The molecule has 2 amide bonds. The molecule has 2 rings (SSSR count). The number of quaternary nitrogens is 1. The molecule has 0 bridgehead atoms. The number of hydrogen-bond donors (Lipinski definition) is 3. The fourth-order valence-corrected chi connectivity index (χ4v) is 3.25. The summed E-state index contributed by atoms with van der Waals surface area (Å²) < 4.78 is 16.0. The number of carbonyl (C=O) groups is 3. The highest BCUT2D eigenvalue weighted by molar-refractivity contribution is 6.10. The summed E-state index contributed by atoms with van der Waals surface area (Å²) in [4.78, 5) is 37.3. The SMILES string of the molecule is CCOC(=O)c1c(C)oc(NC(=O)C[NH+]2C[C@H](C)O[C@@H](C)C2)c1C(N)=O. The molecule has 0 unspecified atom stereocenters. The normalized spacial score (nSPS) is 22.7.